The highest BCUT2D eigenvalue weighted by molar-refractivity contribution is 6.08. The Morgan fingerprint density at radius 1 is 1.06 bits per heavy atom. The van der Waals surface area contributed by atoms with Gasteiger partial charge in [0.2, 0.25) is 10.9 Å². The van der Waals surface area contributed by atoms with Crippen LogP contribution in [-0.4, -0.2) is 20.2 Å². The Morgan fingerprint density at radius 3 is 2.25 bits per heavy atom. The van der Waals surface area contributed by atoms with Crippen LogP contribution >= 0.6 is 0 Å². The largest absolute Gasteiger partial charge is 0.496 e. The third-order valence-corrected chi connectivity index (χ3v) is 2.45. The van der Waals surface area contributed by atoms with Crippen molar-refractivity contribution in [1.82, 2.24) is 0 Å². The first kappa shape index (κ1) is 10.4. The lowest BCUT2D eigenvalue weighted by molar-refractivity contribution is 0.0603. The fourth-order valence-corrected chi connectivity index (χ4v) is 1.66. The Hall–Kier alpha value is -2.17. The number of hydrogen-bond acceptors (Lipinski definition) is 5. The highest BCUT2D eigenvalue weighted by Crippen LogP contribution is 2.25. The number of methoxy groups -OCH3 is 2. The Bertz CT molecular complexity index is 646. The van der Waals surface area contributed by atoms with E-state index in [1.54, 1.807) is 0 Å². The van der Waals surface area contributed by atoms with Crippen LogP contribution < -0.4 is 15.6 Å². The standard InChI is InChI=1S/C11H8O5/c1-15-6-4-3-5(11(14)16-2)7-8(6)10(13)9(7)12/h3-4H,1-2H3. The quantitative estimate of drug-likeness (QED) is 0.535. The topological polar surface area (TPSA) is 69.7 Å². The van der Waals surface area contributed by atoms with Crippen LogP contribution in [0.2, 0.25) is 0 Å². The van der Waals surface area contributed by atoms with Crippen LogP contribution in [0.25, 0.3) is 10.8 Å². The molecule has 0 aliphatic rings. The van der Waals surface area contributed by atoms with E-state index < -0.39 is 16.8 Å². The number of benzene rings is 1. The zero-order chi connectivity index (χ0) is 11.9. The van der Waals surface area contributed by atoms with E-state index in [0.29, 0.717) is 5.75 Å². The molecule has 16 heavy (non-hydrogen) atoms. The van der Waals surface area contributed by atoms with Crippen molar-refractivity contribution >= 4 is 16.7 Å². The predicted molar refractivity (Wildman–Crippen MR) is 56.8 cm³/mol. The molecule has 5 nitrogen and oxygen atoms in total. The van der Waals surface area contributed by atoms with Gasteiger partial charge in [-0.1, -0.05) is 0 Å². The van der Waals surface area contributed by atoms with Crippen molar-refractivity contribution in [2.45, 2.75) is 0 Å². The maximum absolute atomic E-state index is 11.3. The fraction of sp³-hybridized carbons (Fsp3) is 0.182. The van der Waals surface area contributed by atoms with Gasteiger partial charge in [-0.3, -0.25) is 9.59 Å². The second kappa shape index (κ2) is 3.44. The van der Waals surface area contributed by atoms with Crippen molar-refractivity contribution in [3.05, 3.63) is 38.1 Å². The number of rotatable bonds is 2. The van der Waals surface area contributed by atoms with Crippen molar-refractivity contribution in [2.24, 2.45) is 0 Å². The molecule has 2 aromatic rings. The van der Waals surface area contributed by atoms with Gasteiger partial charge in [0.05, 0.1) is 30.6 Å². The summed E-state index contributed by atoms with van der Waals surface area (Å²) in [6, 6.07) is 2.88. The summed E-state index contributed by atoms with van der Waals surface area (Å²) in [6.07, 6.45) is 0. The van der Waals surface area contributed by atoms with Gasteiger partial charge in [0.1, 0.15) is 5.75 Å². The van der Waals surface area contributed by atoms with Gasteiger partial charge in [0.15, 0.2) is 0 Å². The summed E-state index contributed by atoms with van der Waals surface area (Å²) in [5.41, 5.74) is -1.20. The Labute approximate surface area is 89.9 Å². The molecule has 0 spiro atoms. The number of ether oxygens (including phenoxy) is 2. The average molecular weight is 220 g/mol. The van der Waals surface area contributed by atoms with Crippen molar-refractivity contribution in [3.63, 3.8) is 0 Å². The van der Waals surface area contributed by atoms with Gasteiger partial charge >= 0.3 is 5.97 Å². The van der Waals surface area contributed by atoms with E-state index in [1.165, 1.54) is 26.4 Å². The maximum Gasteiger partial charge on any atom is 0.338 e. The Kier molecular flexibility index (Phi) is 2.23. The van der Waals surface area contributed by atoms with Crippen LogP contribution in [0.1, 0.15) is 10.4 Å². The summed E-state index contributed by atoms with van der Waals surface area (Å²) in [5, 5.41) is 0.256. The Balaban J connectivity index is 2.82. The van der Waals surface area contributed by atoms with Gasteiger partial charge in [-0.2, -0.15) is 0 Å². The summed E-state index contributed by atoms with van der Waals surface area (Å²) >= 11 is 0. The smallest absolute Gasteiger partial charge is 0.338 e. The minimum absolute atomic E-state index is 0.0937. The first-order valence-corrected chi connectivity index (χ1v) is 4.50. The van der Waals surface area contributed by atoms with Gasteiger partial charge in [0, 0.05) is 0 Å². The van der Waals surface area contributed by atoms with Crippen molar-refractivity contribution in [1.29, 1.82) is 0 Å². The van der Waals surface area contributed by atoms with E-state index in [9.17, 15) is 14.4 Å². The summed E-state index contributed by atoms with van der Waals surface area (Å²) in [7, 11) is 2.60. The first-order valence-electron chi connectivity index (χ1n) is 4.50. The minimum atomic E-state index is -0.672. The monoisotopic (exact) mass is 220 g/mol. The molecule has 0 aromatic heterocycles. The van der Waals surface area contributed by atoms with Crippen molar-refractivity contribution < 1.29 is 14.3 Å². The van der Waals surface area contributed by atoms with Crippen LogP contribution in [-0.2, 0) is 4.74 Å². The molecule has 2 rings (SSSR count). The van der Waals surface area contributed by atoms with Crippen molar-refractivity contribution in [2.75, 3.05) is 14.2 Å². The van der Waals surface area contributed by atoms with Crippen molar-refractivity contribution in [3.8, 4) is 5.75 Å². The van der Waals surface area contributed by atoms with E-state index in [0.717, 1.165) is 0 Å². The third kappa shape index (κ3) is 1.14. The van der Waals surface area contributed by atoms with Gasteiger partial charge in [-0.05, 0) is 12.1 Å². The molecule has 0 saturated carbocycles. The molecule has 0 N–H and O–H groups in total. The van der Waals surface area contributed by atoms with Crippen LogP contribution in [0.3, 0.4) is 0 Å². The van der Waals surface area contributed by atoms with Gasteiger partial charge in [0.25, 0.3) is 0 Å². The van der Waals surface area contributed by atoms with Crippen LogP contribution in [0, 0.1) is 0 Å². The number of carbonyl (C=O) groups is 1. The van der Waals surface area contributed by atoms with Crippen LogP contribution in [0.4, 0.5) is 0 Å². The molecule has 0 aliphatic carbocycles. The van der Waals surface area contributed by atoms with Gasteiger partial charge < -0.3 is 9.47 Å². The van der Waals surface area contributed by atoms with Crippen LogP contribution in [0.15, 0.2) is 21.7 Å². The molecule has 0 heterocycles. The SMILES string of the molecule is COC(=O)c1ccc(OC)c2c(=O)c(=O)c12. The molecular formula is C11H8O5. The maximum atomic E-state index is 11.3. The normalized spacial score (nSPS) is 10.6. The molecule has 0 saturated heterocycles. The molecule has 0 fully saturated rings. The molecule has 0 bridgehead atoms. The second-order valence-corrected chi connectivity index (χ2v) is 3.22. The lowest BCUT2D eigenvalue weighted by Gasteiger charge is -2.09. The average Bonchev–Trinajstić information content (AvgIpc) is 2.34. The minimum Gasteiger partial charge on any atom is -0.496 e. The number of hydrogen-bond donors (Lipinski definition) is 0. The fourth-order valence-electron chi connectivity index (χ4n) is 1.66. The van der Waals surface area contributed by atoms with E-state index in [4.69, 9.17) is 4.74 Å². The molecule has 5 heteroatoms. The van der Waals surface area contributed by atoms with E-state index in [2.05, 4.69) is 4.74 Å². The number of fused-ring (bicyclic) bond motifs is 1. The lowest BCUT2D eigenvalue weighted by atomic mass is 9.98. The summed E-state index contributed by atoms with van der Waals surface area (Å²) in [6.45, 7) is 0. The zero-order valence-electron chi connectivity index (χ0n) is 8.70. The summed E-state index contributed by atoms with van der Waals surface area (Å²) in [5.74, 6) is -0.341. The molecule has 0 atom stereocenters. The highest BCUT2D eigenvalue weighted by Gasteiger charge is 2.23. The third-order valence-electron chi connectivity index (χ3n) is 2.45. The molecule has 0 amide bonds. The van der Waals surface area contributed by atoms with E-state index in [1.807, 2.05) is 0 Å². The molecule has 0 unspecified atom stereocenters. The molecular weight excluding hydrogens is 212 g/mol. The summed E-state index contributed by atoms with van der Waals surface area (Å²) < 4.78 is 9.46. The predicted octanol–water partition coefficient (Wildman–Crippen LogP) is 0.231. The molecule has 2 aromatic carbocycles. The van der Waals surface area contributed by atoms with E-state index >= 15 is 0 Å². The van der Waals surface area contributed by atoms with Crippen LogP contribution in [0.5, 0.6) is 5.75 Å². The van der Waals surface area contributed by atoms with E-state index in [-0.39, 0.29) is 16.3 Å². The van der Waals surface area contributed by atoms with Gasteiger partial charge in [-0.15, -0.1) is 0 Å². The Morgan fingerprint density at radius 2 is 1.69 bits per heavy atom. The zero-order valence-corrected chi connectivity index (χ0v) is 8.70. The number of esters is 1. The number of carbonyl (C=O) groups excluding carboxylic acids is 1. The molecule has 0 radical (unpaired) electrons. The summed E-state index contributed by atoms with van der Waals surface area (Å²) in [4.78, 5) is 34.0. The first-order chi connectivity index (χ1) is 7.61. The lowest BCUT2D eigenvalue weighted by Crippen LogP contribution is -2.32. The van der Waals surface area contributed by atoms with Gasteiger partial charge in [-0.25, -0.2) is 4.79 Å². The second-order valence-electron chi connectivity index (χ2n) is 3.22. The molecule has 82 valence electrons. The highest BCUT2D eigenvalue weighted by atomic mass is 16.5. The molecule has 0 aliphatic heterocycles.